The fourth-order valence-corrected chi connectivity index (χ4v) is 5.69. The highest BCUT2D eigenvalue weighted by molar-refractivity contribution is 7.18. The van der Waals surface area contributed by atoms with Crippen LogP contribution in [0.5, 0.6) is 0 Å². The molecule has 170 valence electrons. The fourth-order valence-electron chi connectivity index (χ4n) is 4.67. The summed E-state index contributed by atoms with van der Waals surface area (Å²) >= 11 is 1.06. The number of ether oxygens (including phenoxy) is 1. The second-order valence-electron chi connectivity index (χ2n) is 8.31. The van der Waals surface area contributed by atoms with Gasteiger partial charge in [-0.15, -0.1) is 11.3 Å². The Kier molecular flexibility index (Phi) is 6.66. The van der Waals surface area contributed by atoms with Gasteiger partial charge in [-0.3, -0.25) is 4.79 Å². The van der Waals surface area contributed by atoms with E-state index in [1.807, 2.05) is 9.80 Å². The first kappa shape index (κ1) is 22.3. The SMILES string of the molecule is COC1CCCCC1CC(=O)N1CCN(c2ncnc3sc(CC(F)(F)F)cc23)CC1. The minimum atomic E-state index is -4.25. The van der Waals surface area contributed by atoms with Gasteiger partial charge in [-0.05, 0) is 24.8 Å². The molecular formula is C21H27F3N4O2S. The molecule has 31 heavy (non-hydrogen) atoms. The minimum Gasteiger partial charge on any atom is -0.381 e. The molecule has 6 nitrogen and oxygen atoms in total. The number of methoxy groups -OCH3 is 1. The largest absolute Gasteiger partial charge is 0.393 e. The molecule has 0 radical (unpaired) electrons. The second kappa shape index (κ2) is 9.28. The van der Waals surface area contributed by atoms with Crippen molar-refractivity contribution in [1.82, 2.24) is 14.9 Å². The van der Waals surface area contributed by atoms with Gasteiger partial charge < -0.3 is 14.5 Å². The molecule has 2 aromatic heterocycles. The molecule has 1 saturated carbocycles. The number of anilines is 1. The Morgan fingerprint density at radius 2 is 1.94 bits per heavy atom. The molecular weight excluding hydrogens is 429 g/mol. The molecule has 10 heteroatoms. The molecule has 2 aromatic rings. The number of aromatic nitrogens is 2. The summed E-state index contributed by atoms with van der Waals surface area (Å²) in [5, 5.41) is 0.650. The summed E-state index contributed by atoms with van der Waals surface area (Å²) < 4.78 is 43.9. The fraction of sp³-hybridized carbons (Fsp3) is 0.667. The molecule has 0 N–H and O–H groups in total. The standard InChI is InChI=1S/C21H27F3N4O2S/c1-30-17-5-3-2-4-14(17)10-18(29)27-6-8-28(9-7-27)19-16-11-15(12-21(22,23)24)31-20(16)26-13-25-19/h11,13-14,17H,2-10,12H2,1H3. The van der Waals surface area contributed by atoms with E-state index in [0.717, 1.165) is 37.0 Å². The van der Waals surface area contributed by atoms with E-state index < -0.39 is 12.6 Å². The molecule has 2 fully saturated rings. The van der Waals surface area contributed by atoms with Gasteiger partial charge in [0.15, 0.2) is 0 Å². The maximum atomic E-state index is 12.8. The predicted molar refractivity (Wildman–Crippen MR) is 113 cm³/mol. The number of thiophene rings is 1. The van der Waals surface area contributed by atoms with Crippen molar-refractivity contribution >= 4 is 33.3 Å². The summed E-state index contributed by atoms with van der Waals surface area (Å²) in [6.45, 7) is 2.35. The molecule has 0 bridgehead atoms. The molecule has 1 saturated heterocycles. The number of piperazine rings is 1. The highest BCUT2D eigenvalue weighted by atomic mass is 32.1. The van der Waals surface area contributed by atoms with Gasteiger partial charge in [0.2, 0.25) is 5.91 Å². The van der Waals surface area contributed by atoms with Gasteiger partial charge in [0, 0.05) is 44.6 Å². The van der Waals surface area contributed by atoms with Crippen molar-refractivity contribution in [3.05, 3.63) is 17.3 Å². The molecule has 2 atom stereocenters. The molecule has 1 aliphatic carbocycles. The van der Waals surface area contributed by atoms with Crippen LogP contribution in [0, 0.1) is 5.92 Å². The van der Waals surface area contributed by atoms with Gasteiger partial charge in [0.05, 0.1) is 17.9 Å². The average molecular weight is 457 g/mol. The van der Waals surface area contributed by atoms with Crippen LogP contribution in [-0.2, 0) is 16.0 Å². The zero-order chi connectivity index (χ0) is 22.0. The number of amides is 1. The lowest BCUT2D eigenvalue weighted by molar-refractivity contribution is -0.134. The Morgan fingerprint density at radius 1 is 1.19 bits per heavy atom. The van der Waals surface area contributed by atoms with E-state index in [2.05, 4.69) is 9.97 Å². The van der Waals surface area contributed by atoms with Crippen molar-refractivity contribution in [3.8, 4) is 0 Å². The molecule has 0 aromatic carbocycles. The van der Waals surface area contributed by atoms with E-state index in [0.29, 0.717) is 48.6 Å². The molecule has 3 heterocycles. The number of hydrogen-bond acceptors (Lipinski definition) is 6. The number of fused-ring (bicyclic) bond motifs is 1. The van der Waals surface area contributed by atoms with Gasteiger partial charge in [-0.1, -0.05) is 12.8 Å². The summed E-state index contributed by atoms with van der Waals surface area (Å²) in [7, 11) is 1.72. The van der Waals surface area contributed by atoms with Crippen LogP contribution in [0.3, 0.4) is 0 Å². The van der Waals surface area contributed by atoms with Crippen molar-refractivity contribution in [3.63, 3.8) is 0 Å². The third kappa shape index (κ3) is 5.28. The normalized spacial score (nSPS) is 22.8. The van der Waals surface area contributed by atoms with Crippen LogP contribution in [0.2, 0.25) is 0 Å². The lowest BCUT2D eigenvalue weighted by Gasteiger charge is -2.37. The zero-order valence-electron chi connectivity index (χ0n) is 17.5. The molecule has 2 unspecified atom stereocenters. The minimum absolute atomic E-state index is 0.157. The van der Waals surface area contributed by atoms with Crippen molar-refractivity contribution in [1.29, 1.82) is 0 Å². The Hall–Kier alpha value is -1.94. The predicted octanol–water partition coefficient (Wildman–Crippen LogP) is 4.04. The van der Waals surface area contributed by atoms with E-state index in [1.54, 1.807) is 13.2 Å². The van der Waals surface area contributed by atoms with E-state index in [4.69, 9.17) is 4.74 Å². The van der Waals surface area contributed by atoms with Crippen molar-refractivity contribution < 1.29 is 22.7 Å². The van der Waals surface area contributed by atoms with Gasteiger partial charge in [-0.2, -0.15) is 13.2 Å². The average Bonchev–Trinajstić information content (AvgIpc) is 3.15. The summed E-state index contributed by atoms with van der Waals surface area (Å²) in [5.41, 5.74) is 0. The topological polar surface area (TPSA) is 58.6 Å². The van der Waals surface area contributed by atoms with Crippen molar-refractivity contribution in [2.45, 2.75) is 50.8 Å². The molecule has 4 rings (SSSR count). The molecule has 1 aliphatic heterocycles. The second-order valence-corrected chi connectivity index (χ2v) is 9.43. The Bertz CT molecular complexity index is 912. The Balaban J connectivity index is 1.39. The Morgan fingerprint density at radius 3 is 2.65 bits per heavy atom. The molecule has 0 spiro atoms. The van der Waals surface area contributed by atoms with Gasteiger partial charge >= 0.3 is 6.18 Å². The van der Waals surface area contributed by atoms with Gasteiger partial charge in [-0.25, -0.2) is 9.97 Å². The first-order valence-electron chi connectivity index (χ1n) is 10.7. The zero-order valence-corrected chi connectivity index (χ0v) is 18.3. The molecule has 2 aliphatic rings. The van der Waals surface area contributed by atoms with Crippen LogP contribution >= 0.6 is 11.3 Å². The number of halogens is 3. The third-order valence-corrected chi connectivity index (χ3v) is 7.29. The van der Waals surface area contributed by atoms with Crippen LogP contribution < -0.4 is 4.90 Å². The summed E-state index contributed by atoms with van der Waals surface area (Å²) in [6.07, 6.45) is 1.22. The number of alkyl halides is 3. The van der Waals surface area contributed by atoms with Gasteiger partial charge in [0.25, 0.3) is 0 Å². The maximum Gasteiger partial charge on any atom is 0.393 e. The van der Waals surface area contributed by atoms with Gasteiger partial charge in [0.1, 0.15) is 17.0 Å². The molecule has 1 amide bonds. The van der Waals surface area contributed by atoms with E-state index in [9.17, 15) is 18.0 Å². The van der Waals surface area contributed by atoms with Crippen LogP contribution in [0.4, 0.5) is 19.0 Å². The lowest BCUT2D eigenvalue weighted by atomic mass is 9.84. The number of rotatable bonds is 5. The number of carbonyl (C=O) groups excluding carboxylic acids is 1. The van der Waals surface area contributed by atoms with E-state index in [-0.39, 0.29) is 22.8 Å². The van der Waals surface area contributed by atoms with Crippen LogP contribution in [0.25, 0.3) is 10.2 Å². The maximum absolute atomic E-state index is 12.8. The summed E-state index contributed by atoms with van der Waals surface area (Å²) in [4.78, 5) is 26.1. The summed E-state index contributed by atoms with van der Waals surface area (Å²) in [5.74, 6) is 1.08. The lowest BCUT2D eigenvalue weighted by Crippen LogP contribution is -2.49. The van der Waals surface area contributed by atoms with E-state index in [1.165, 1.54) is 6.33 Å². The van der Waals surface area contributed by atoms with E-state index >= 15 is 0 Å². The number of hydrogen-bond donors (Lipinski definition) is 0. The van der Waals surface area contributed by atoms with Crippen molar-refractivity contribution in [2.75, 3.05) is 38.2 Å². The monoisotopic (exact) mass is 456 g/mol. The number of carbonyl (C=O) groups is 1. The Labute approximate surface area is 183 Å². The first-order valence-corrected chi connectivity index (χ1v) is 11.5. The van der Waals surface area contributed by atoms with Crippen LogP contribution in [0.15, 0.2) is 12.4 Å². The van der Waals surface area contributed by atoms with Crippen LogP contribution in [-0.4, -0.2) is 66.3 Å². The van der Waals surface area contributed by atoms with Crippen LogP contribution in [0.1, 0.15) is 37.0 Å². The smallest absolute Gasteiger partial charge is 0.381 e. The summed E-state index contributed by atoms with van der Waals surface area (Å²) in [6, 6.07) is 1.55. The quantitative estimate of drug-likeness (QED) is 0.680. The highest BCUT2D eigenvalue weighted by Crippen LogP contribution is 2.34. The number of nitrogens with zero attached hydrogens (tertiary/aromatic N) is 4. The van der Waals surface area contributed by atoms with Crippen molar-refractivity contribution in [2.24, 2.45) is 5.92 Å². The highest BCUT2D eigenvalue weighted by Gasteiger charge is 2.31. The third-order valence-electron chi connectivity index (χ3n) is 6.24. The first-order chi connectivity index (χ1) is 14.8.